The first-order valence-corrected chi connectivity index (χ1v) is 5.08. The molecule has 1 N–H and O–H groups in total. The number of nitrogens with one attached hydrogen (secondary N) is 1. The summed E-state index contributed by atoms with van der Waals surface area (Å²) in [6, 6.07) is 2.25. The molecule has 0 fully saturated rings. The van der Waals surface area contributed by atoms with Crippen LogP contribution in [0.2, 0.25) is 0 Å². The summed E-state index contributed by atoms with van der Waals surface area (Å²) in [4.78, 5) is 3.39. The zero-order chi connectivity index (χ0) is 8.39. The molecule has 1 nitrogen and oxygen atoms in total. The number of fused-ring (bicyclic) bond motifs is 1. The van der Waals surface area contributed by atoms with E-state index in [9.17, 15) is 0 Å². The Labute approximate surface area is 74.2 Å². The van der Waals surface area contributed by atoms with Gasteiger partial charge in [0.1, 0.15) is 0 Å². The number of rotatable bonds is 2. The van der Waals surface area contributed by atoms with Gasteiger partial charge < -0.3 is 4.98 Å². The Balaban J connectivity index is 2.19. The van der Waals surface area contributed by atoms with Gasteiger partial charge in [0.05, 0.1) is 0 Å². The van der Waals surface area contributed by atoms with E-state index in [1.807, 2.05) is 0 Å². The van der Waals surface area contributed by atoms with Gasteiger partial charge in [0, 0.05) is 11.9 Å². The van der Waals surface area contributed by atoms with E-state index >= 15 is 0 Å². The van der Waals surface area contributed by atoms with Crippen molar-refractivity contribution in [2.24, 2.45) is 0 Å². The lowest BCUT2D eigenvalue weighted by Gasteiger charge is -2.21. The second kappa shape index (κ2) is 3.34. The van der Waals surface area contributed by atoms with Crippen LogP contribution in [-0.2, 0) is 6.42 Å². The van der Waals surface area contributed by atoms with Crippen molar-refractivity contribution in [2.45, 2.75) is 44.9 Å². The lowest BCUT2D eigenvalue weighted by Crippen LogP contribution is -2.08. The Bertz CT molecular complexity index is 249. The molecule has 66 valence electrons. The van der Waals surface area contributed by atoms with Crippen molar-refractivity contribution in [3.63, 3.8) is 0 Å². The van der Waals surface area contributed by atoms with Crippen LogP contribution >= 0.6 is 0 Å². The smallest absolute Gasteiger partial charge is 0.0211 e. The van der Waals surface area contributed by atoms with Crippen molar-refractivity contribution >= 4 is 0 Å². The van der Waals surface area contributed by atoms with Crippen molar-refractivity contribution in [1.29, 1.82) is 0 Å². The van der Waals surface area contributed by atoms with Crippen LogP contribution in [0.3, 0.4) is 0 Å². The Morgan fingerprint density at radius 2 is 2.50 bits per heavy atom. The second-order valence-electron chi connectivity index (χ2n) is 3.79. The van der Waals surface area contributed by atoms with Crippen LogP contribution in [0, 0.1) is 0 Å². The Hall–Kier alpha value is -0.720. The average molecular weight is 163 g/mol. The van der Waals surface area contributed by atoms with E-state index in [0.29, 0.717) is 0 Å². The Kier molecular flexibility index (Phi) is 2.20. The summed E-state index contributed by atoms with van der Waals surface area (Å²) in [6.07, 6.45) is 8.82. The first kappa shape index (κ1) is 7.90. The van der Waals surface area contributed by atoms with Gasteiger partial charge in [-0.05, 0) is 43.2 Å². The maximum Gasteiger partial charge on any atom is 0.0211 e. The molecule has 0 saturated carbocycles. The van der Waals surface area contributed by atoms with Gasteiger partial charge in [0.15, 0.2) is 0 Å². The van der Waals surface area contributed by atoms with E-state index in [0.717, 1.165) is 5.92 Å². The van der Waals surface area contributed by atoms with E-state index in [1.165, 1.54) is 37.8 Å². The van der Waals surface area contributed by atoms with Crippen LogP contribution < -0.4 is 0 Å². The van der Waals surface area contributed by atoms with E-state index in [-0.39, 0.29) is 0 Å². The predicted octanol–water partition coefficient (Wildman–Crippen LogP) is 3.23. The fourth-order valence-electron chi connectivity index (χ4n) is 2.33. The van der Waals surface area contributed by atoms with Crippen LogP contribution in [0.25, 0.3) is 0 Å². The first-order valence-electron chi connectivity index (χ1n) is 5.08. The lowest BCUT2D eigenvalue weighted by molar-refractivity contribution is 0.506. The highest BCUT2D eigenvalue weighted by atomic mass is 14.7. The molecule has 1 aromatic heterocycles. The van der Waals surface area contributed by atoms with E-state index in [2.05, 4.69) is 24.2 Å². The van der Waals surface area contributed by atoms with E-state index in [4.69, 9.17) is 0 Å². The molecule has 1 aromatic rings. The molecule has 0 aromatic carbocycles. The van der Waals surface area contributed by atoms with Crippen LogP contribution in [0.5, 0.6) is 0 Å². The summed E-state index contributed by atoms with van der Waals surface area (Å²) < 4.78 is 0. The molecule has 0 saturated heterocycles. The zero-order valence-electron chi connectivity index (χ0n) is 7.77. The summed E-state index contributed by atoms with van der Waals surface area (Å²) in [5.74, 6) is 0.828. The fraction of sp³-hybridized carbons (Fsp3) is 0.636. The lowest BCUT2D eigenvalue weighted by atomic mass is 9.85. The summed E-state index contributed by atoms with van der Waals surface area (Å²) in [7, 11) is 0. The molecular formula is C11H17N. The minimum Gasteiger partial charge on any atom is -0.365 e. The van der Waals surface area contributed by atoms with Gasteiger partial charge in [0.25, 0.3) is 0 Å². The topological polar surface area (TPSA) is 15.8 Å². The number of hydrogen-bond acceptors (Lipinski definition) is 0. The molecule has 0 spiro atoms. The summed E-state index contributed by atoms with van der Waals surface area (Å²) >= 11 is 0. The van der Waals surface area contributed by atoms with E-state index < -0.39 is 0 Å². The van der Waals surface area contributed by atoms with Gasteiger partial charge >= 0.3 is 0 Å². The van der Waals surface area contributed by atoms with Crippen LogP contribution in [-0.4, -0.2) is 4.98 Å². The number of H-pyrrole nitrogens is 1. The fourth-order valence-corrected chi connectivity index (χ4v) is 2.33. The summed E-state index contributed by atoms with van der Waals surface area (Å²) in [6.45, 7) is 2.28. The molecule has 1 unspecified atom stereocenters. The van der Waals surface area contributed by atoms with Gasteiger partial charge in [-0.3, -0.25) is 0 Å². The number of aromatic nitrogens is 1. The van der Waals surface area contributed by atoms with Crippen LogP contribution in [0.15, 0.2) is 12.3 Å². The monoisotopic (exact) mass is 163 g/mol. The third-order valence-corrected chi connectivity index (χ3v) is 2.91. The highest BCUT2D eigenvalue weighted by Gasteiger charge is 2.19. The number of hydrogen-bond donors (Lipinski definition) is 1. The van der Waals surface area contributed by atoms with Crippen molar-refractivity contribution in [3.8, 4) is 0 Å². The Morgan fingerprint density at radius 1 is 1.58 bits per heavy atom. The highest BCUT2D eigenvalue weighted by Crippen LogP contribution is 2.33. The summed E-state index contributed by atoms with van der Waals surface area (Å²) in [5.41, 5.74) is 3.10. The number of aromatic amines is 1. The molecule has 1 heteroatoms. The molecule has 0 radical (unpaired) electrons. The van der Waals surface area contributed by atoms with E-state index in [1.54, 1.807) is 5.56 Å². The SMILES string of the molecule is CCCC1CCCc2cc[nH]c21. The first-order chi connectivity index (χ1) is 5.92. The highest BCUT2D eigenvalue weighted by molar-refractivity contribution is 5.26. The van der Waals surface area contributed by atoms with Crippen molar-refractivity contribution in [2.75, 3.05) is 0 Å². The largest absolute Gasteiger partial charge is 0.365 e. The zero-order valence-corrected chi connectivity index (χ0v) is 7.77. The van der Waals surface area contributed by atoms with Gasteiger partial charge in [-0.1, -0.05) is 13.3 Å². The predicted molar refractivity (Wildman–Crippen MR) is 51.4 cm³/mol. The molecule has 0 bridgehead atoms. The third-order valence-electron chi connectivity index (χ3n) is 2.91. The molecule has 0 aliphatic heterocycles. The molecule has 2 rings (SSSR count). The molecule has 1 aliphatic carbocycles. The van der Waals surface area contributed by atoms with Crippen molar-refractivity contribution < 1.29 is 0 Å². The molecular weight excluding hydrogens is 146 g/mol. The maximum absolute atomic E-state index is 3.39. The van der Waals surface area contributed by atoms with Crippen LogP contribution in [0.4, 0.5) is 0 Å². The minimum atomic E-state index is 0.828. The second-order valence-corrected chi connectivity index (χ2v) is 3.79. The maximum atomic E-state index is 3.39. The van der Waals surface area contributed by atoms with Gasteiger partial charge in [0.2, 0.25) is 0 Å². The standard InChI is InChI=1S/C11H17N/c1-2-4-9-5-3-6-10-7-8-12-11(9)10/h7-9,12H,2-6H2,1H3. The number of aryl methyl sites for hydroxylation is 1. The van der Waals surface area contributed by atoms with Gasteiger partial charge in [-0.2, -0.15) is 0 Å². The van der Waals surface area contributed by atoms with Crippen molar-refractivity contribution in [1.82, 2.24) is 4.98 Å². The molecule has 1 aliphatic rings. The van der Waals surface area contributed by atoms with Crippen LogP contribution in [0.1, 0.15) is 49.8 Å². The minimum absolute atomic E-state index is 0.828. The van der Waals surface area contributed by atoms with Crippen molar-refractivity contribution in [3.05, 3.63) is 23.5 Å². The molecule has 12 heavy (non-hydrogen) atoms. The molecule has 0 amide bonds. The molecule has 1 heterocycles. The quantitative estimate of drug-likeness (QED) is 0.689. The van der Waals surface area contributed by atoms with Gasteiger partial charge in [-0.15, -0.1) is 0 Å². The Morgan fingerprint density at radius 3 is 3.33 bits per heavy atom. The summed E-state index contributed by atoms with van der Waals surface area (Å²) in [5, 5.41) is 0. The average Bonchev–Trinajstić information content (AvgIpc) is 2.53. The normalized spacial score (nSPS) is 22.2. The van der Waals surface area contributed by atoms with Gasteiger partial charge in [-0.25, -0.2) is 0 Å². The molecule has 1 atom stereocenters. The third kappa shape index (κ3) is 1.28.